The number of nitrogens with one attached hydrogen (secondary N) is 1. The number of nitrogens with zero attached hydrogens (tertiary/aromatic N) is 2. The van der Waals surface area contributed by atoms with Crippen LogP contribution in [0.5, 0.6) is 11.5 Å². The lowest BCUT2D eigenvalue weighted by Gasteiger charge is -2.41. The highest BCUT2D eigenvalue weighted by Crippen LogP contribution is 2.31. The van der Waals surface area contributed by atoms with Crippen molar-refractivity contribution in [1.29, 1.82) is 0 Å². The van der Waals surface area contributed by atoms with Gasteiger partial charge in [-0.25, -0.2) is 4.79 Å². The Morgan fingerprint density at radius 3 is 2.85 bits per heavy atom. The van der Waals surface area contributed by atoms with Gasteiger partial charge in [0.2, 0.25) is 0 Å². The minimum absolute atomic E-state index is 0.0845. The SMILES string of the molecule is COc1cc(CNC(=O)N2CCN(CC3CC3)[C@H](CCO)C2)ccc1O. The molecule has 1 saturated carbocycles. The second kappa shape index (κ2) is 8.60. The highest BCUT2D eigenvalue weighted by Gasteiger charge is 2.33. The van der Waals surface area contributed by atoms with Crippen molar-refractivity contribution in [2.24, 2.45) is 5.92 Å². The van der Waals surface area contributed by atoms with Crippen molar-refractivity contribution in [2.75, 3.05) is 39.9 Å². The van der Waals surface area contributed by atoms with E-state index in [0.29, 0.717) is 31.8 Å². The van der Waals surface area contributed by atoms with Gasteiger partial charge in [-0.15, -0.1) is 0 Å². The predicted octanol–water partition coefficient (Wildman–Crippen LogP) is 1.39. The molecule has 1 heterocycles. The molecule has 3 N–H and O–H groups in total. The van der Waals surface area contributed by atoms with E-state index < -0.39 is 0 Å². The maximum Gasteiger partial charge on any atom is 0.317 e. The molecule has 26 heavy (non-hydrogen) atoms. The van der Waals surface area contributed by atoms with E-state index in [9.17, 15) is 15.0 Å². The normalized spacial score (nSPS) is 20.8. The van der Waals surface area contributed by atoms with Gasteiger partial charge in [-0.3, -0.25) is 4.90 Å². The van der Waals surface area contributed by atoms with Crippen molar-refractivity contribution in [3.8, 4) is 11.5 Å². The Morgan fingerprint density at radius 2 is 2.15 bits per heavy atom. The number of aromatic hydroxyl groups is 1. The first-order valence-electron chi connectivity index (χ1n) is 9.34. The van der Waals surface area contributed by atoms with Crippen LogP contribution in [0.3, 0.4) is 0 Å². The summed E-state index contributed by atoms with van der Waals surface area (Å²) in [5.74, 6) is 1.29. The molecular formula is C19H29N3O4. The fourth-order valence-corrected chi connectivity index (χ4v) is 3.49. The van der Waals surface area contributed by atoms with Gasteiger partial charge in [0, 0.05) is 45.4 Å². The molecule has 2 amide bonds. The molecule has 7 heteroatoms. The zero-order valence-electron chi connectivity index (χ0n) is 15.4. The molecule has 1 atom stereocenters. The van der Waals surface area contributed by atoms with Crippen molar-refractivity contribution >= 4 is 6.03 Å². The number of hydrogen-bond donors (Lipinski definition) is 3. The quantitative estimate of drug-likeness (QED) is 0.682. The van der Waals surface area contributed by atoms with Gasteiger partial charge in [-0.05, 0) is 42.9 Å². The summed E-state index contributed by atoms with van der Waals surface area (Å²) in [7, 11) is 1.50. The fourth-order valence-electron chi connectivity index (χ4n) is 3.49. The van der Waals surface area contributed by atoms with Crippen LogP contribution in [-0.4, -0.2) is 72.0 Å². The van der Waals surface area contributed by atoms with Crippen molar-refractivity contribution in [1.82, 2.24) is 15.1 Å². The van der Waals surface area contributed by atoms with E-state index in [2.05, 4.69) is 10.2 Å². The zero-order valence-corrected chi connectivity index (χ0v) is 15.4. The molecule has 0 unspecified atom stereocenters. The number of benzene rings is 1. The Kier molecular flexibility index (Phi) is 6.21. The lowest BCUT2D eigenvalue weighted by molar-refractivity contribution is 0.0703. The second-order valence-corrected chi connectivity index (χ2v) is 7.22. The number of ether oxygens (including phenoxy) is 1. The standard InChI is InChI=1S/C19H29N3O4/c1-26-18-10-15(4-5-17(18)24)11-20-19(25)22-8-7-21(12-14-2-3-14)16(13-22)6-9-23/h4-5,10,14,16,23-24H,2-3,6-9,11-13H2,1H3,(H,20,25)/t16-/m1/s1. The smallest absolute Gasteiger partial charge is 0.317 e. The maximum absolute atomic E-state index is 12.5. The van der Waals surface area contributed by atoms with E-state index in [1.807, 2.05) is 4.90 Å². The first kappa shape index (κ1) is 18.8. The molecule has 2 fully saturated rings. The summed E-state index contributed by atoms with van der Waals surface area (Å²) in [6.45, 7) is 3.84. The second-order valence-electron chi connectivity index (χ2n) is 7.22. The summed E-state index contributed by atoms with van der Waals surface area (Å²) in [6.07, 6.45) is 3.32. The molecule has 1 aliphatic heterocycles. The van der Waals surface area contributed by atoms with E-state index in [-0.39, 0.29) is 24.4 Å². The molecule has 0 radical (unpaired) electrons. The molecule has 1 saturated heterocycles. The van der Waals surface area contributed by atoms with Crippen LogP contribution >= 0.6 is 0 Å². The van der Waals surface area contributed by atoms with Crippen LogP contribution in [0.1, 0.15) is 24.8 Å². The van der Waals surface area contributed by atoms with Crippen LogP contribution in [0, 0.1) is 5.92 Å². The van der Waals surface area contributed by atoms with Crippen molar-refractivity contribution in [3.63, 3.8) is 0 Å². The molecule has 0 bridgehead atoms. The molecule has 3 rings (SSSR count). The van der Waals surface area contributed by atoms with Crippen LogP contribution < -0.4 is 10.1 Å². The summed E-state index contributed by atoms with van der Waals surface area (Å²) in [4.78, 5) is 16.8. The molecular weight excluding hydrogens is 334 g/mol. The van der Waals surface area contributed by atoms with Gasteiger partial charge in [0.1, 0.15) is 0 Å². The summed E-state index contributed by atoms with van der Waals surface area (Å²) < 4.78 is 5.10. The third-order valence-corrected chi connectivity index (χ3v) is 5.23. The molecule has 2 aliphatic rings. The van der Waals surface area contributed by atoms with Crippen molar-refractivity contribution in [2.45, 2.75) is 31.8 Å². The summed E-state index contributed by atoms with van der Waals surface area (Å²) in [6, 6.07) is 5.19. The third kappa shape index (κ3) is 4.80. The molecule has 1 aliphatic carbocycles. The first-order valence-corrected chi connectivity index (χ1v) is 9.34. The topological polar surface area (TPSA) is 85.3 Å². The summed E-state index contributed by atoms with van der Waals surface area (Å²) in [5.41, 5.74) is 0.868. The maximum atomic E-state index is 12.5. The predicted molar refractivity (Wildman–Crippen MR) is 98.3 cm³/mol. The van der Waals surface area contributed by atoms with E-state index in [4.69, 9.17) is 4.74 Å². The van der Waals surface area contributed by atoms with Crippen molar-refractivity contribution < 1.29 is 19.7 Å². The number of aliphatic hydroxyl groups excluding tert-OH is 1. The molecule has 1 aromatic rings. The van der Waals surface area contributed by atoms with Crippen LogP contribution in [0.25, 0.3) is 0 Å². The van der Waals surface area contributed by atoms with Crippen LogP contribution in [-0.2, 0) is 6.54 Å². The number of carbonyl (C=O) groups excluding carboxylic acids is 1. The number of phenols is 1. The Labute approximate surface area is 154 Å². The van der Waals surface area contributed by atoms with Gasteiger partial charge in [0.15, 0.2) is 11.5 Å². The Morgan fingerprint density at radius 1 is 1.35 bits per heavy atom. The number of piperazine rings is 1. The number of carbonyl (C=O) groups is 1. The van der Waals surface area contributed by atoms with E-state index >= 15 is 0 Å². The van der Waals surface area contributed by atoms with Crippen molar-refractivity contribution in [3.05, 3.63) is 23.8 Å². The molecule has 144 valence electrons. The monoisotopic (exact) mass is 363 g/mol. The highest BCUT2D eigenvalue weighted by atomic mass is 16.5. The fraction of sp³-hybridized carbons (Fsp3) is 0.632. The Bertz CT molecular complexity index is 621. The number of hydrogen-bond acceptors (Lipinski definition) is 5. The lowest BCUT2D eigenvalue weighted by Crippen LogP contribution is -2.57. The van der Waals surface area contributed by atoms with Gasteiger partial charge < -0.3 is 25.2 Å². The zero-order chi connectivity index (χ0) is 18.5. The number of methoxy groups -OCH3 is 1. The average Bonchev–Trinajstić information content (AvgIpc) is 3.46. The molecule has 7 nitrogen and oxygen atoms in total. The van der Waals surface area contributed by atoms with Gasteiger partial charge in [0.25, 0.3) is 0 Å². The Balaban J connectivity index is 1.52. The number of phenolic OH excluding ortho intramolecular Hbond substituents is 1. The highest BCUT2D eigenvalue weighted by molar-refractivity contribution is 5.74. The minimum atomic E-state index is -0.0916. The summed E-state index contributed by atoms with van der Waals surface area (Å²) >= 11 is 0. The minimum Gasteiger partial charge on any atom is -0.504 e. The van der Waals surface area contributed by atoms with E-state index in [1.165, 1.54) is 20.0 Å². The van der Waals surface area contributed by atoms with E-state index in [0.717, 1.165) is 24.6 Å². The van der Waals surface area contributed by atoms with Crippen LogP contribution in [0.4, 0.5) is 4.79 Å². The summed E-state index contributed by atoms with van der Waals surface area (Å²) in [5, 5.41) is 21.9. The van der Waals surface area contributed by atoms with Gasteiger partial charge in [0.05, 0.1) is 7.11 Å². The van der Waals surface area contributed by atoms with Gasteiger partial charge in [-0.2, -0.15) is 0 Å². The molecule has 1 aromatic carbocycles. The first-order chi connectivity index (χ1) is 12.6. The average molecular weight is 363 g/mol. The number of amides is 2. The van der Waals surface area contributed by atoms with Gasteiger partial charge in [-0.1, -0.05) is 6.07 Å². The largest absolute Gasteiger partial charge is 0.504 e. The third-order valence-electron chi connectivity index (χ3n) is 5.23. The van der Waals surface area contributed by atoms with E-state index in [1.54, 1.807) is 18.2 Å². The Hall–Kier alpha value is -1.99. The van der Waals surface area contributed by atoms with Gasteiger partial charge >= 0.3 is 6.03 Å². The lowest BCUT2D eigenvalue weighted by atomic mass is 10.1. The molecule has 0 aromatic heterocycles. The molecule has 0 spiro atoms. The number of aliphatic hydroxyl groups is 1. The number of rotatable bonds is 7. The number of urea groups is 1. The van der Waals surface area contributed by atoms with Crippen LogP contribution in [0.15, 0.2) is 18.2 Å². The van der Waals surface area contributed by atoms with Crippen LogP contribution in [0.2, 0.25) is 0 Å².